The summed E-state index contributed by atoms with van der Waals surface area (Å²) in [4.78, 5) is 38.7. The topological polar surface area (TPSA) is 136 Å². The first-order valence-electron chi connectivity index (χ1n) is 10.1. The molecule has 2 amide bonds. The van der Waals surface area contributed by atoms with Gasteiger partial charge in [-0.1, -0.05) is 19.1 Å². The molecule has 0 aromatic heterocycles. The summed E-state index contributed by atoms with van der Waals surface area (Å²) in [6.07, 6.45) is -0.203. The van der Waals surface area contributed by atoms with Gasteiger partial charge in [-0.3, -0.25) is 14.4 Å². The molecule has 1 aliphatic heterocycles. The average Bonchev–Trinajstić information content (AvgIpc) is 3.15. The van der Waals surface area contributed by atoms with Crippen LogP contribution in [-0.4, -0.2) is 38.9 Å². The first-order chi connectivity index (χ1) is 15.1. The predicted octanol–water partition coefficient (Wildman–Crippen LogP) is 1.82. The Bertz CT molecular complexity index is 1110. The van der Waals surface area contributed by atoms with E-state index in [-0.39, 0.29) is 23.8 Å². The number of nitrogens with one attached hydrogen (secondary N) is 1. The molecular formula is C22H25N3O6S. The van der Waals surface area contributed by atoms with Crippen LogP contribution in [0.4, 0.5) is 11.4 Å². The van der Waals surface area contributed by atoms with Crippen molar-refractivity contribution in [1.29, 1.82) is 0 Å². The van der Waals surface area contributed by atoms with Gasteiger partial charge < -0.3 is 15.0 Å². The number of hydrogen-bond acceptors (Lipinski definition) is 6. The molecule has 9 nitrogen and oxygen atoms in total. The van der Waals surface area contributed by atoms with Gasteiger partial charge in [0.05, 0.1) is 10.8 Å². The summed E-state index contributed by atoms with van der Waals surface area (Å²) in [7, 11) is -3.84. The standard InChI is InChI=1S/C22H25N3O6S/c1-3-15-4-8-18(9-5-15)25-13-16(12-20(25)26)22(28)31-14(2)21(27)24-17-6-10-19(11-7-17)32(23,29)30/h4-11,14,16H,3,12-13H2,1-2H3,(H,24,27)(H2,23,29,30). The van der Waals surface area contributed by atoms with Crippen LogP contribution in [0.25, 0.3) is 0 Å². The summed E-state index contributed by atoms with van der Waals surface area (Å²) in [6.45, 7) is 3.65. The molecule has 0 saturated carbocycles. The van der Waals surface area contributed by atoms with Gasteiger partial charge in [0.15, 0.2) is 6.10 Å². The second-order valence-electron chi connectivity index (χ2n) is 7.56. The Labute approximate surface area is 186 Å². The number of carbonyl (C=O) groups is 3. The summed E-state index contributed by atoms with van der Waals surface area (Å²) >= 11 is 0. The van der Waals surface area contributed by atoms with Gasteiger partial charge >= 0.3 is 5.97 Å². The predicted molar refractivity (Wildman–Crippen MR) is 118 cm³/mol. The molecular weight excluding hydrogens is 434 g/mol. The Kier molecular flexibility index (Phi) is 6.95. The zero-order chi connectivity index (χ0) is 23.5. The lowest BCUT2D eigenvalue weighted by Gasteiger charge is -2.18. The smallest absolute Gasteiger partial charge is 0.312 e. The lowest BCUT2D eigenvalue weighted by molar-refractivity contribution is -0.157. The fraction of sp³-hybridized carbons (Fsp3) is 0.318. The van der Waals surface area contributed by atoms with E-state index in [0.29, 0.717) is 5.69 Å². The number of aryl methyl sites for hydroxylation is 1. The first-order valence-corrected chi connectivity index (χ1v) is 11.7. The van der Waals surface area contributed by atoms with Crippen molar-refractivity contribution in [2.45, 2.75) is 37.7 Å². The Morgan fingerprint density at radius 3 is 2.34 bits per heavy atom. The molecule has 1 fully saturated rings. The summed E-state index contributed by atoms with van der Waals surface area (Å²) < 4.78 is 27.9. The lowest BCUT2D eigenvalue weighted by Crippen LogP contribution is -2.33. The van der Waals surface area contributed by atoms with E-state index in [0.717, 1.165) is 17.7 Å². The number of amides is 2. The molecule has 1 aliphatic rings. The number of benzene rings is 2. The Morgan fingerprint density at radius 2 is 1.78 bits per heavy atom. The van der Waals surface area contributed by atoms with Gasteiger partial charge in [0, 0.05) is 24.3 Å². The number of carbonyl (C=O) groups excluding carboxylic acids is 3. The number of primary sulfonamides is 1. The van der Waals surface area contributed by atoms with Gasteiger partial charge in [0.1, 0.15) is 0 Å². The monoisotopic (exact) mass is 459 g/mol. The van der Waals surface area contributed by atoms with Gasteiger partial charge in [-0.05, 0) is 55.3 Å². The number of esters is 1. The number of rotatable bonds is 7. The van der Waals surface area contributed by atoms with Crippen LogP contribution in [0.5, 0.6) is 0 Å². The van der Waals surface area contributed by atoms with Gasteiger partial charge in [0.2, 0.25) is 15.9 Å². The van der Waals surface area contributed by atoms with Crippen LogP contribution >= 0.6 is 0 Å². The van der Waals surface area contributed by atoms with Gasteiger partial charge in [-0.25, -0.2) is 13.6 Å². The van der Waals surface area contributed by atoms with Crippen molar-refractivity contribution in [2.24, 2.45) is 11.1 Å². The third kappa shape index (κ3) is 5.51. The van der Waals surface area contributed by atoms with E-state index in [1.165, 1.54) is 31.2 Å². The van der Waals surface area contributed by atoms with E-state index in [1.54, 1.807) is 4.90 Å². The molecule has 3 rings (SSSR count). The minimum Gasteiger partial charge on any atom is -0.452 e. The maximum Gasteiger partial charge on any atom is 0.312 e. The Morgan fingerprint density at radius 1 is 1.16 bits per heavy atom. The van der Waals surface area contributed by atoms with Gasteiger partial charge in [-0.15, -0.1) is 0 Å². The minimum absolute atomic E-state index is 0.0116. The SMILES string of the molecule is CCc1ccc(N2CC(C(=O)OC(C)C(=O)Nc3ccc(S(N)(=O)=O)cc3)CC2=O)cc1. The van der Waals surface area contributed by atoms with Crippen LogP contribution in [0.1, 0.15) is 25.8 Å². The van der Waals surface area contributed by atoms with E-state index in [4.69, 9.17) is 9.88 Å². The van der Waals surface area contributed by atoms with Crippen LogP contribution in [0, 0.1) is 5.92 Å². The first kappa shape index (κ1) is 23.4. The average molecular weight is 460 g/mol. The third-order valence-electron chi connectivity index (χ3n) is 5.23. The second-order valence-corrected chi connectivity index (χ2v) is 9.12. The van der Waals surface area contributed by atoms with E-state index < -0.39 is 33.9 Å². The molecule has 2 unspecified atom stereocenters. The maximum absolute atomic E-state index is 12.5. The largest absolute Gasteiger partial charge is 0.452 e. The van der Waals surface area contributed by atoms with E-state index in [9.17, 15) is 22.8 Å². The van der Waals surface area contributed by atoms with Crippen molar-refractivity contribution in [3.8, 4) is 0 Å². The van der Waals surface area contributed by atoms with Crippen molar-refractivity contribution >= 4 is 39.2 Å². The Balaban J connectivity index is 1.56. The van der Waals surface area contributed by atoms with E-state index in [1.807, 2.05) is 31.2 Å². The van der Waals surface area contributed by atoms with Gasteiger partial charge in [0.25, 0.3) is 5.91 Å². The lowest BCUT2D eigenvalue weighted by atomic mass is 10.1. The van der Waals surface area contributed by atoms with Crippen LogP contribution in [0.15, 0.2) is 53.4 Å². The number of hydrogen-bond donors (Lipinski definition) is 2. The third-order valence-corrected chi connectivity index (χ3v) is 6.16. The summed E-state index contributed by atoms with van der Waals surface area (Å²) in [6, 6.07) is 12.9. The number of sulfonamides is 1. The van der Waals surface area contributed by atoms with E-state index >= 15 is 0 Å². The highest BCUT2D eigenvalue weighted by molar-refractivity contribution is 7.89. The summed E-state index contributed by atoms with van der Waals surface area (Å²) in [5.74, 6) is -2.06. The molecule has 0 radical (unpaired) electrons. The molecule has 2 atom stereocenters. The minimum atomic E-state index is -3.84. The van der Waals surface area contributed by atoms with Crippen LogP contribution in [-0.2, 0) is 35.6 Å². The van der Waals surface area contributed by atoms with Crippen LogP contribution in [0.3, 0.4) is 0 Å². The maximum atomic E-state index is 12.5. The molecule has 2 aromatic carbocycles. The normalized spacial score (nSPS) is 17.2. The molecule has 10 heteroatoms. The zero-order valence-electron chi connectivity index (χ0n) is 17.8. The fourth-order valence-electron chi connectivity index (χ4n) is 3.32. The number of nitrogens with zero attached hydrogens (tertiary/aromatic N) is 1. The van der Waals surface area contributed by atoms with Gasteiger partial charge in [-0.2, -0.15) is 0 Å². The summed E-state index contributed by atoms with van der Waals surface area (Å²) in [5.41, 5.74) is 2.19. The molecule has 1 saturated heterocycles. The quantitative estimate of drug-likeness (QED) is 0.606. The highest BCUT2D eigenvalue weighted by atomic mass is 32.2. The van der Waals surface area contributed by atoms with Crippen molar-refractivity contribution in [3.63, 3.8) is 0 Å². The second kappa shape index (κ2) is 9.49. The highest BCUT2D eigenvalue weighted by Gasteiger charge is 2.37. The molecule has 0 spiro atoms. The molecule has 3 N–H and O–H groups in total. The van der Waals surface area contributed by atoms with E-state index in [2.05, 4.69) is 5.32 Å². The molecule has 1 heterocycles. The number of nitrogens with two attached hydrogens (primary N) is 1. The molecule has 0 aliphatic carbocycles. The number of anilines is 2. The number of ether oxygens (including phenoxy) is 1. The van der Waals surface area contributed by atoms with Crippen molar-refractivity contribution in [1.82, 2.24) is 0 Å². The van der Waals surface area contributed by atoms with Crippen LogP contribution in [0.2, 0.25) is 0 Å². The van der Waals surface area contributed by atoms with Crippen molar-refractivity contribution in [3.05, 3.63) is 54.1 Å². The van der Waals surface area contributed by atoms with Crippen LogP contribution < -0.4 is 15.4 Å². The molecule has 2 aromatic rings. The molecule has 0 bridgehead atoms. The van der Waals surface area contributed by atoms with Crippen molar-refractivity contribution in [2.75, 3.05) is 16.8 Å². The van der Waals surface area contributed by atoms with Crippen molar-refractivity contribution < 1.29 is 27.5 Å². The summed E-state index contributed by atoms with van der Waals surface area (Å²) in [5, 5.41) is 7.58. The Hall–Kier alpha value is -3.24. The highest BCUT2D eigenvalue weighted by Crippen LogP contribution is 2.26. The fourth-order valence-corrected chi connectivity index (χ4v) is 3.84. The molecule has 170 valence electrons. The molecule has 32 heavy (non-hydrogen) atoms. The zero-order valence-corrected chi connectivity index (χ0v) is 18.6.